The predicted octanol–water partition coefficient (Wildman–Crippen LogP) is 4.30. The molecule has 3 aromatic carbocycles. The maximum atomic E-state index is 12.1. The minimum Gasteiger partial charge on any atom is -0.484 e. The first-order chi connectivity index (χ1) is 24.8. The number of nitrogens with zero attached hydrogens (tertiary/aromatic N) is 4. The summed E-state index contributed by atoms with van der Waals surface area (Å²) in [6.45, 7) is 8.73. The van der Waals surface area contributed by atoms with Crippen molar-refractivity contribution in [3.05, 3.63) is 107 Å². The largest absolute Gasteiger partial charge is 0.484 e. The minimum atomic E-state index is -0.384. The van der Waals surface area contributed by atoms with Crippen LogP contribution in [0.2, 0.25) is 0 Å². The third-order valence-corrected chi connectivity index (χ3v) is 9.26. The van der Waals surface area contributed by atoms with E-state index in [1.165, 1.54) is 24.3 Å². The highest BCUT2D eigenvalue weighted by Gasteiger charge is 2.26. The van der Waals surface area contributed by atoms with E-state index in [0.717, 1.165) is 44.9 Å². The van der Waals surface area contributed by atoms with Gasteiger partial charge in [0.2, 0.25) is 0 Å². The van der Waals surface area contributed by atoms with E-state index in [2.05, 4.69) is 65.7 Å². The van der Waals surface area contributed by atoms with Gasteiger partial charge < -0.3 is 18.4 Å². The van der Waals surface area contributed by atoms with Crippen LogP contribution in [0.1, 0.15) is 36.1 Å². The van der Waals surface area contributed by atoms with Crippen molar-refractivity contribution in [3.63, 3.8) is 0 Å². The van der Waals surface area contributed by atoms with Crippen molar-refractivity contribution in [1.82, 2.24) is 0 Å². The van der Waals surface area contributed by atoms with Crippen LogP contribution in [-0.4, -0.2) is 100 Å². The molecule has 5 rings (SSSR count). The number of likely N-dealkylation sites (N-methyl/N-ethyl adjacent to an activating group) is 2. The summed E-state index contributed by atoms with van der Waals surface area (Å²) in [6.07, 6.45) is 5.00. The van der Waals surface area contributed by atoms with Gasteiger partial charge in [-0.25, -0.2) is 9.80 Å². The fraction of sp³-hybridized carbons (Fsp3) is 0.286. The molecule has 0 saturated carbocycles. The smallest absolute Gasteiger partial charge is 0.258 e. The molecule has 0 fully saturated rings. The molecule has 0 atom stereocenters. The highest BCUT2D eigenvalue weighted by Crippen LogP contribution is 2.32. The van der Waals surface area contributed by atoms with Crippen LogP contribution in [0.15, 0.2) is 85.0 Å². The number of benzene rings is 3. The second-order valence-corrected chi connectivity index (χ2v) is 13.8. The van der Waals surface area contributed by atoms with E-state index in [0.29, 0.717) is 58.3 Å². The molecule has 2 heterocycles. The van der Waals surface area contributed by atoms with Crippen molar-refractivity contribution in [2.45, 2.75) is 13.8 Å². The highest BCUT2D eigenvalue weighted by atomic mass is 16.5. The Labute approximate surface area is 305 Å². The molecule has 52 heavy (non-hydrogen) atoms. The van der Waals surface area contributed by atoms with Gasteiger partial charge in [0.1, 0.15) is 26.3 Å². The fourth-order valence-electron chi connectivity index (χ4n) is 5.09. The van der Waals surface area contributed by atoms with Gasteiger partial charge in [0.15, 0.2) is 11.5 Å². The highest BCUT2D eigenvalue weighted by molar-refractivity contribution is 6.28. The SMILES string of the molecule is CC[N+](C)(C)CCOc1cc(C#Cc2ccc(N3C(=O)C=CC3=O)cc2)c(C#Cc2ccc(N3C(=O)C=CC3=O)cc2)cc1OCC[N+](C)(C)CC. The van der Waals surface area contributed by atoms with Crippen LogP contribution in [0.25, 0.3) is 0 Å². The Morgan fingerprint density at radius 2 is 0.846 bits per heavy atom. The van der Waals surface area contributed by atoms with Crippen LogP contribution in [0, 0.1) is 23.7 Å². The summed E-state index contributed by atoms with van der Waals surface area (Å²) in [5.74, 6) is 12.5. The molecule has 2 aliphatic heterocycles. The Morgan fingerprint density at radius 3 is 1.15 bits per heavy atom. The summed E-state index contributed by atoms with van der Waals surface area (Å²) >= 11 is 0. The van der Waals surface area contributed by atoms with Gasteiger partial charge in [0.05, 0.1) is 52.7 Å². The third kappa shape index (κ3) is 9.23. The number of imide groups is 2. The molecular weight excluding hydrogens is 656 g/mol. The van der Waals surface area contributed by atoms with Crippen molar-refractivity contribution < 1.29 is 37.6 Å². The molecule has 0 saturated heterocycles. The number of carbonyl (C=O) groups excluding carboxylic acids is 4. The molecule has 10 nitrogen and oxygen atoms in total. The van der Waals surface area contributed by atoms with Crippen molar-refractivity contribution in [3.8, 4) is 35.2 Å². The van der Waals surface area contributed by atoms with E-state index < -0.39 is 0 Å². The van der Waals surface area contributed by atoms with Gasteiger partial charge in [-0.2, -0.15) is 0 Å². The first-order valence-corrected chi connectivity index (χ1v) is 17.2. The van der Waals surface area contributed by atoms with E-state index in [1.807, 2.05) is 12.1 Å². The number of hydrogen-bond acceptors (Lipinski definition) is 6. The minimum absolute atomic E-state index is 0.384. The lowest BCUT2D eigenvalue weighted by atomic mass is 10.0. The van der Waals surface area contributed by atoms with E-state index in [4.69, 9.17) is 9.47 Å². The molecule has 0 N–H and O–H groups in total. The van der Waals surface area contributed by atoms with E-state index in [1.54, 1.807) is 48.5 Å². The van der Waals surface area contributed by atoms with Gasteiger partial charge in [-0.15, -0.1) is 0 Å². The number of hydrogen-bond donors (Lipinski definition) is 0. The third-order valence-electron chi connectivity index (χ3n) is 9.26. The van der Waals surface area contributed by atoms with E-state index in [9.17, 15) is 19.2 Å². The van der Waals surface area contributed by atoms with Gasteiger partial charge in [0, 0.05) is 58.7 Å². The fourth-order valence-corrected chi connectivity index (χ4v) is 5.09. The van der Waals surface area contributed by atoms with Crippen LogP contribution in [-0.2, 0) is 19.2 Å². The Morgan fingerprint density at radius 1 is 0.519 bits per heavy atom. The normalized spacial score (nSPS) is 14.0. The van der Waals surface area contributed by atoms with Gasteiger partial charge in [-0.05, 0) is 62.4 Å². The molecular formula is C42H44N4O6+2. The van der Waals surface area contributed by atoms with Crippen LogP contribution in [0.3, 0.4) is 0 Å². The van der Waals surface area contributed by atoms with Gasteiger partial charge in [-0.3, -0.25) is 19.2 Å². The number of amides is 4. The molecule has 0 aliphatic carbocycles. The average Bonchev–Trinajstić information content (AvgIpc) is 3.65. The summed E-state index contributed by atoms with van der Waals surface area (Å²) in [5.41, 5.74) is 3.53. The van der Waals surface area contributed by atoms with E-state index >= 15 is 0 Å². The summed E-state index contributed by atoms with van der Waals surface area (Å²) in [7, 11) is 8.62. The number of ether oxygens (including phenoxy) is 2. The standard InChI is InChI=1S/C42H44N4O6/c1-7-45(3,4)25-27-51-37-29-33(15-9-31-11-17-35(18-12-31)43-39(47)21-22-40(43)48)34(30-38(37)52-28-26-46(5,6)8-2)16-10-32-13-19-36(20-14-32)44-41(49)23-24-42(44)50/h11-14,17-24,29-30H,7-8,25-28H2,1-6H3/q+2. The van der Waals surface area contributed by atoms with Crippen LogP contribution >= 0.6 is 0 Å². The molecule has 0 spiro atoms. The molecule has 266 valence electrons. The van der Waals surface area contributed by atoms with Crippen molar-refractivity contribution in [2.75, 3.05) is 77.4 Å². The van der Waals surface area contributed by atoms with Crippen molar-refractivity contribution in [1.29, 1.82) is 0 Å². The lowest BCUT2D eigenvalue weighted by Crippen LogP contribution is -2.42. The molecule has 0 aromatic heterocycles. The summed E-state index contributed by atoms with van der Waals surface area (Å²) < 4.78 is 14.3. The average molecular weight is 701 g/mol. The maximum Gasteiger partial charge on any atom is 0.258 e. The number of anilines is 2. The van der Waals surface area contributed by atoms with Crippen LogP contribution in [0.4, 0.5) is 11.4 Å². The maximum absolute atomic E-state index is 12.1. The zero-order valence-corrected chi connectivity index (χ0v) is 30.6. The topological polar surface area (TPSA) is 93.2 Å². The number of rotatable bonds is 12. The molecule has 10 heteroatoms. The van der Waals surface area contributed by atoms with Gasteiger partial charge >= 0.3 is 0 Å². The van der Waals surface area contributed by atoms with Crippen LogP contribution in [0.5, 0.6) is 11.5 Å². The summed E-state index contributed by atoms with van der Waals surface area (Å²) in [4.78, 5) is 50.8. The Bertz CT molecular complexity index is 1870. The summed E-state index contributed by atoms with van der Waals surface area (Å²) in [5, 5.41) is 0. The van der Waals surface area contributed by atoms with Crippen molar-refractivity contribution in [2.24, 2.45) is 0 Å². The lowest BCUT2D eigenvalue weighted by molar-refractivity contribution is -0.888. The molecule has 0 unspecified atom stereocenters. The summed E-state index contributed by atoms with van der Waals surface area (Å²) in [6, 6.07) is 17.5. The Hall–Kier alpha value is -5.94. The molecule has 3 aromatic rings. The second-order valence-electron chi connectivity index (χ2n) is 13.8. The molecule has 4 amide bonds. The lowest BCUT2D eigenvalue weighted by Gasteiger charge is -2.29. The Kier molecular flexibility index (Phi) is 11.4. The zero-order chi connectivity index (χ0) is 37.5. The van der Waals surface area contributed by atoms with Gasteiger partial charge in [0.25, 0.3) is 23.6 Å². The van der Waals surface area contributed by atoms with E-state index in [-0.39, 0.29) is 23.6 Å². The van der Waals surface area contributed by atoms with Crippen LogP contribution < -0.4 is 19.3 Å². The predicted molar refractivity (Wildman–Crippen MR) is 201 cm³/mol. The first-order valence-electron chi connectivity index (χ1n) is 17.2. The van der Waals surface area contributed by atoms with Gasteiger partial charge in [-0.1, -0.05) is 23.7 Å². The Balaban J connectivity index is 1.50. The first kappa shape index (κ1) is 37.3. The zero-order valence-electron chi connectivity index (χ0n) is 30.6. The molecule has 2 aliphatic rings. The molecule has 0 radical (unpaired) electrons. The quantitative estimate of drug-likeness (QED) is 0.159. The number of quaternary nitrogens is 2. The number of carbonyl (C=O) groups is 4. The monoisotopic (exact) mass is 700 g/mol. The van der Waals surface area contributed by atoms with Crippen molar-refractivity contribution >= 4 is 35.0 Å². The molecule has 0 bridgehead atoms. The second kappa shape index (κ2) is 15.9.